The molecule has 20 heavy (non-hydrogen) atoms. The van der Waals surface area contributed by atoms with Crippen LogP contribution in [0.1, 0.15) is 26.7 Å². The normalized spacial score (nSPS) is 16.0. The number of benzene rings is 1. The molecule has 1 fully saturated rings. The standard InChI is InChI=1S/C16H23NO3/c1-3-19-14-4-6-15(7-5-14)20-12-16(18)17-10-8-13(2)9-11-17/h4-7,13H,3,8-12H2,1-2H3. The fourth-order valence-electron chi connectivity index (χ4n) is 2.29. The SMILES string of the molecule is CCOc1ccc(OCC(=O)N2CCC(C)CC2)cc1. The highest BCUT2D eigenvalue weighted by atomic mass is 16.5. The molecule has 110 valence electrons. The third-order valence-electron chi connectivity index (χ3n) is 3.63. The lowest BCUT2D eigenvalue weighted by molar-refractivity contribution is -0.134. The molecule has 2 rings (SSSR count). The molecule has 4 nitrogen and oxygen atoms in total. The van der Waals surface area contributed by atoms with Crippen LogP contribution in [-0.4, -0.2) is 37.1 Å². The van der Waals surface area contributed by atoms with Crippen molar-refractivity contribution in [2.75, 3.05) is 26.3 Å². The second kappa shape index (κ2) is 7.17. The van der Waals surface area contributed by atoms with Crippen LogP contribution in [0.15, 0.2) is 24.3 Å². The van der Waals surface area contributed by atoms with Gasteiger partial charge >= 0.3 is 0 Å². The molecule has 4 heteroatoms. The largest absolute Gasteiger partial charge is 0.494 e. The molecule has 1 aromatic rings. The number of likely N-dealkylation sites (tertiary alicyclic amines) is 1. The van der Waals surface area contributed by atoms with Crippen LogP contribution in [0.2, 0.25) is 0 Å². The molecule has 0 spiro atoms. The summed E-state index contributed by atoms with van der Waals surface area (Å²) >= 11 is 0. The van der Waals surface area contributed by atoms with E-state index in [4.69, 9.17) is 9.47 Å². The molecule has 0 N–H and O–H groups in total. The van der Waals surface area contributed by atoms with Gasteiger partial charge in [-0.05, 0) is 49.9 Å². The zero-order chi connectivity index (χ0) is 14.4. The van der Waals surface area contributed by atoms with Gasteiger partial charge in [0, 0.05) is 13.1 Å². The lowest BCUT2D eigenvalue weighted by Gasteiger charge is -2.30. The Labute approximate surface area is 120 Å². The second-order valence-corrected chi connectivity index (χ2v) is 5.26. The van der Waals surface area contributed by atoms with Crippen molar-refractivity contribution in [3.63, 3.8) is 0 Å². The summed E-state index contributed by atoms with van der Waals surface area (Å²) in [7, 11) is 0. The summed E-state index contributed by atoms with van der Waals surface area (Å²) in [5, 5.41) is 0. The van der Waals surface area contributed by atoms with E-state index in [2.05, 4.69) is 6.92 Å². The molecule has 0 atom stereocenters. The third kappa shape index (κ3) is 4.15. The van der Waals surface area contributed by atoms with Gasteiger partial charge in [-0.3, -0.25) is 4.79 Å². The Balaban J connectivity index is 1.78. The van der Waals surface area contributed by atoms with Crippen molar-refractivity contribution in [2.45, 2.75) is 26.7 Å². The van der Waals surface area contributed by atoms with E-state index in [9.17, 15) is 4.79 Å². The molecule has 0 unspecified atom stereocenters. The average Bonchev–Trinajstić information content (AvgIpc) is 2.47. The second-order valence-electron chi connectivity index (χ2n) is 5.26. The van der Waals surface area contributed by atoms with Crippen LogP contribution in [-0.2, 0) is 4.79 Å². The first kappa shape index (κ1) is 14.7. The van der Waals surface area contributed by atoms with Crippen molar-refractivity contribution in [1.82, 2.24) is 4.90 Å². The van der Waals surface area contributed by atoms with Gasteiger partial charge in [-0.25, -0.2) is 0 Å². The molecule has 1 amide bonds. The van der Waals surface area contributed by atoms with E-state index in [1.807, 2.05) is 36.1 Å². The summed E-state index contributed by atoms with van der Waals surface area (Å²) in [5.74, 6) is 2.32. The lowest BCUT2D eigenvalue weighted by Crippen LogP contribution is -2.40. The number of carbonyl (C=O) groups excluding carboxylic acids is 1. The Bertz CT molecular complexity index is 422. The summed E-state index contributed by atoms with van der Waals surface area (Å²) in [6.45, 7) is 6.65. The topological polar surface area (TPSA) is 38.8 Å². The number of nitrogens with zero attached hydrogens (tertiary/aromatic N) is 1. The Morgan fingerprint density at radius 3 is 2.25 bits per heavy atom. The van der Waals surface area contributed by atoms with Gasteiger partial charge in [0.15, 0.2) is 6.61 Å². The maximum atomic E-state index is 12.0. The molecular weight excluding hydrogens is 254 g/mol. The zero-order valence-corrected chi connectivity index (χ0v) is 12.3. The van der Waals surface area contributed by atoms with Gasteiger partial charge in [0.25, 0.3) is 5.91 Å². The van der Waals surface area contributed by atoms with Gasteiger partial charge in [-0.1, -0.05) is 6.92 Å². The molecule has 1 aromatic carbocycles. The van der Waals surface area contributed by atoms with Crippen molar-refractivity contribution in [3.05, 3.63) is 24.3 Å². The predicted molar refractivity (Wildman–Crippen MR) is 78.1 cm³/mol. The molecule has 1 heterocycles. The Hall–Kier alpha value is -1.71. The number of ether oxygens (including phenoxy) is 2. The minimum atomic E-state index is 0.0748. The molecule has 1 saturated heterocycles. The van der Waals surface area contributed by atoms with Gasteiger partial charge < -0.3 is 14.4 Å². The van der Waals surface area contributed by atoms with Crippen molar-refractivity contribution in [1.29, 1.82) is 0 Å². The van der Waals surface area contributed by atoms with Crippen molar-refractivity contribution < 1.29 is 14.3 Å². The van der Waals surface area contributed by atoms with Gasteiger partial charge in [-0.2, -0.15) is 0 Å². The highest BCUT2D eigenvalue weighted by Crippen LogP contribution is 2.19. The number of rotatable bonds is 5. The predicted octanol–water partition coefficient (Wildman–Crippen LogP) is 2.72. The Morgan fingerprint density at radius 2 is 1.70 bits per heavy atom. The molecular formula is C16H23NO3. The number of hydrogen-bond acceptors (Lipinski definition) is 3. The van der Waals surface area contributed by atoms with Gasteiger partial charge in [0.1, 0.15) is 11.5 Å². The van der Waals surface area contributed by atoms with Crippen LogP contribution in [0.3, 0.4) is 0 Å². The first-order valence-electron chi connectivity index (χ1n) is 7.32. The van der Waals surface area contributed by atoms with Crippen molar-refractivity contribution in [2.24, 2.45) is 5.92 Å². The molecule has 1 aliphatic rings. The summed E-state index contributed by atoms with van der Waals surface area (Å²) < 4.78 is 10.9. The Kier molecular flexibility index (Phi) is 5.27. The van der Waals surface area contributed by atoms with Crippen molar-refractivity contribution >= 4 is 5.91 Å². The first-order valence-corrected chi connectivity index (χ1v) is 7.32. The van der Waals surface area contributed by atoms with Crippen LogP contribution >= 0.6 is 0 Å². The molecule has 1 aliphatic heterocycles. The van der Waals surface area contributed by atoms with Gasteiger partial charge in [0.2, 0.25) is 0 Å². The van der Waals surface area contributed by atoms with Crippen LogP contribution in [0.5, 0.6) is 11.5 Å². The van der Waals surface area contributed by atoms with E-state index in [0.29, 0.717) is 12.4 Å². The van der Waals surface area contributed by atoms with E-state index in [0.717, 1.165) is 37.6 Å². The van der Waals surface area contributed by atoms with Crippen molar-refractivity contribution in [3.8, 4) is 11.5 Å². The summed E-state index contributed by atoms with van der Waals surface area (Å²) in [6, 6.07) is 7.37. The van der Waals surface area contributed by atoms with E-state index in [-0.39, 0.29) is 12.5 Å². The highest BCUT2D eigenvalue weighted by molar-refractivity contribution is 5.77. The third-order valence-corrected chi connectivity index (χ3v) is 3.63. The molecule has 0 radical (unpaired) electrons. The Morgan fingerprint density at radius 1 is 1.15 bits per heavy atom. The van der Waals surface area contributed by atoms with Crippen LogP contribution < -0.4 is 9.47 Å². The van der Waals surface area contributed by atoms with Gasteiger partial charge in [0.05, 0.1) is 6.61 Å². The van der Waals surface area contributed by atoms with E-state index in [1.165, 1.54) is 0 Å². The van der Waals surface area contributed by atoms with Crippen LogP contribution in [0, 0.1) is 5.92 Å². The molecule has 0 bridgehead atoms. The van der Waals surface area contributed by atoms with Gasteiger partial charge in [-0.15, -0.1) is 0 Å². The maximum absolute atomic E-state index is 12.0. The molecule has 0 saturated carbocycles. The fraction of sp³-hybridized carbons (Fsp3) is 0.562. The quantitative estimate of drug-likeness (QED) is 0.830. The number of carbonyl (C=O) groups is 1. The van der Waals surface area contributed by atoms with E-state index >= 15 is 0 Å². The van der Waals surface area contributed by atoms with Crippen LogP contribution in [0.25, 0.3) is 0 Å². The number of amides is 1. The molecule has 0 aromatic heterocycles. The van der Waals surface area contributed by atoms with E-state index < -0.39 is 0 Å². The minimum Gasteiger partial charge on any atom is -0.494 e. The summed E-state index contributed by atoms with van der Waals surface area (Å²) in [6.07, 6.45) is 2.18. The number of piperidine rings is 1. The maximum Gasteiger partial charge on any atom is 0.260 e. The zero-order valence-electron chi connectivity index (χ0n) is 12.3. The van der Waals surface area contributed by atoms with E-state index in [1.54, 1.807) is 0 Å². The minimum absolute atomic E-state index is 0.0748. The first-order chi connectivity index (χ1) is 9.69. The van der Waals surface area contributed by atoms with Crippen LogP contribution in [0.4, 0.5) is 0 Å². The summed E-state index contributed by atoms with van der Waals surface area (Å²) in [4.78, 5) is 13.9. The lowest BCUT2D eigenvalue weighted by atomic mass is 9.99. The smallest absolute Gasteiger partial charge is 0.260 e. The monoisotopic (exact) mass is 277 g/mol. The average molecular weight is 277 g/mol. The highest BCUT2D eigenvalue weighted by Gasteiger charge is 2.20. The fourth-order valence-corrected chi connectivity index (χ4v) is 2.29. The summed E-state index contributed by atoms with van der Waals surface area (Å²) in [5.41, 5.74) is 0. The molecule has 0 aliphatic carbocycles. The number of hydrogen-bond donors (Lipinski definition) is 0.